The second kappa shape index (κ2) is 12.6. The second-order valence-corrected chi connectivity index (χ2v) is 8.66. The molecule has 0 aromatic heterocycles. The molecule has 3 rings (SSSR count). The van der Waals surface area contributed by atoms with Crippen molar-refractivity contribution >= 4 is 11.9 Å². The Kier molecular flexibility index (Phi) is 9.33. The van der Waals surface area contributed by atoms with Gasteiger partial charge in [0.25, 0.3) is 5.91 Å². The number of carboxylic acid groups (broad SMARTS) is 1. The van der Waals surface area contributed by atoms with Gasteiger partial charge < -0.3 is 24.2 Å². The number of amides is 1. The van der Waals surface area contributed by atoms with Crippen LogP contribution in [0, 0.1) is 6.92 Å². The van der Waals surface area contributed by atoms with Crippen LogP contribution in [-0.2, 0) is 11.3 Å². The van der Waals surface area contributed by atoms with Crippen LogP contribution in [0.5, 0.6) is 17.2 Å². The minimum atomic E-state index is -1.03. The standard InChI is InChI=1S/C29H33NO6/c1-20(23-8-6-5-7-9-23)14-15-30(18-22-10-12-25(13-11-22)36-19-28(31)32)29(33)24-16-26(34-3)21(2)27(17-24)35-4/h5-13,16-17,20H,14-15,18-19H2,1-4H3,(H,31,32). The number of aliphatic carboxylic acids is 1. The maximum absolute atomic E-state index is 13.7. The van der Waals surface area contributed by atoms with Gasteiger partial charge in [-0.15, -0.1) is 0 Å². The molecule has 0 bridgehead atoms. The molecule has 0 aliphatic carbocycles. The van der Waals surface area contributed by atoms with E-state index in [9.17, 15) is 9.59 Å². The summed E-state index contributed by atoms with van der Waals surface area (Å²) < 4.78 is 16.2. The molecule has 0 aliphatic rings. The lowest BCUT2D eigenvalue weighted by Crippen LogP contribution is -2.32. The number of carbonyl (C=O) groups excluding carboxylic acids is 1. The van der Waals surface area contributed by atoms with E-state index in [0.29, 0.717) is 35.9 Å². The summed E-state index contributed by atoms with van der Waals surface area (Å²) in [4.78, 5) is 26.3. The highest BCUT2D eigenvalue weighted by Gasteiger charge is 2.21. The third-order valence-electron chi connectivity index (χ3n) is 6.15. The lowest BCUT2D eigenvalue weighted by atomic mass is 9.97. The number of carbonyl (C=O) groups is 2. The number of methoxy groups -OCH3 is 2. The molecule has 0 aliphatic heterocycles. The van der Waals surface area contributed by atoms with E-state index in [1.54, 1.807) is 38.5 Å². The van der Waals surface area contributed by atoms with Gasteiger partial charge in [-0.2, -0.15) is 0 Å². The van der Waals surface area contributed by atoms with E-state index >= 15 is 0 Å². The molecule has 0 fully saturated rings. The third kappa shape index (κ3) is 7.01. The van der Waals surface area contributed by atoms with Gasteiger partial charge in [-0.3, -0.25) is 4.79 Å². The highest BCUT2D eigenvalue weighted by Crippen LogP contribution is 2.30. The highest BCUT2D eigenvalue weighted by molar-refractivity contribution is 5.95. The normalized spacial score (nSPS) is 11.4. The van der Waals surface area contributed by atoms with Gasteiger partial charge in [0.1, 0.15) is 17.2 Å². The van der Waals surface area contributed by atoms with Crippen LogP contribution in [0.2, 0.25) is 0 Å². The molecule has 0 saturated carbocycles. The second-order valence-electron chi connectivity index (χ2n) is 8.66. The molecule has 0 heterocycles. The summed E-state index contributed by atoms with van der Waals surface area (Å²) in [6.45, 7) is 4.57. The van der Waals surface area contributed by atoms with Gasteiger partial charge in [0.2, 0.25) is 0 Å². The van der Waals surface area contributed by atoms with Crippen molar-refractivity contribution in [3.05, 3.63) is 89.0 Å². The molecular weight excluding hydrogens is 458 g/mol. The molecule has 1 amide bonds. The van der Waals surface area contributed by atoms with Gasteiger partial charge in [-0.25, -0.2) is 4.79 Å². The molecule has 1 N–H and O–H groups in total. The number of carboxylic acids is 1. The van der Waals surface area contributed by atoms with Crippen molar-refractivity contribution in [1.29, 1.82) is 0 Å². The van der Waals surface area contributed by atoms with Crippen molar-refractivity contribution in [1.82, 2.24) is 4.90 Å². The number of hydrogen-bond donors (Lipinski definition) is 1. The summed E-state index contributed by atoms with van der Waals surface area (Å²) in [5.74, 6) is 0.760. The Morgan fingerprint density at radius 3 is 2.11 bits per heavy atom. The average molecular weight is 492 g/mol. The highest BCUT2D eigenvalue weighted by atomic mass is 16.5. The molecular formula is C29H33NO6. The summed E-state index contributed by atoms with van der Waals surface area (Å²) in [6.07, 6.45) is 0.787. The van der Waals surface area contributed by atoms with Crippen LogP contribution in [0.1, 0.15) is 46.3 Å². The zero-order valence-corrected chi connectivity index (χ0v) is 21.2. The predicted octanol–water partition coefficient (Wildman–Crippen LogP) is 5.31. The first-order chi connectivity index (χ1) is 17.3. The van der Waals surface area contributed by atoms with Crippen molar-refractivity contribution in [3.63, 3.8) is 0 Å². The molecule has 1 unspecified atom stereocenters. The van der Waals surface area contributed by atoms with Crippen LogP contribution in [-0.4, -0.2) is 49.3 Å². The maximum atomic E-state index is 13.7. The number of benzene rings is 3. The largest absolute Gasteiger partial charge is 0.496 e. The van der Waals surface area contributed by atoms with Crippen molar-refractivity contribution in [2.24, 2.45) is 0 Å². The van der Waals surface area contributed by atoms with Crippen molar-refractivity contribution < 1.29 is 28.9 Å². The van der Waals surface area contributed by atoms with Crippen LogP contribution in [0.3, 0.4) is 0 Å². The molecule has 3 aromatic rings. The molecule has 0 saturated heterocycles. The molecule has 190 valence electrons. The van der Waals surface area contributed by atoms with Gasteiger partial charge in [-0.1, -0.05) is 49.4 Å². The number of hydrogen-bond acceptors (Lipinski definition) is 5. The average Bonchev–Trinajstić information content (AvgIpc) is 2.90. The van der Waals surface area contributed by atoms with Crippen molar-refractivity contribution in [2.45, 2.75) is 32.7 Å². The van der Waals surface area contributed by atoms with Gasteiger partial charge in [0, 0.05) is 24.2 Å². The lowest BCUT2D eigenvalue weighted by molar-refractivity contribution is -0.139. The summed E-state index contributed by atoms with van der Waals surface area (Å²) >= 11 is 0. The molecule has 1 atom stereocenters. The van der Waals surface area contributed by atoms with Crippen LogP contribution in [0.15, 0.2) is 66.7 Å². The first-order valence-corrected chi connectivity index (χ1v) is 11.8. The van der Waals surface area contributed by atoms with Crippen molar-refractivity contribution in [3.8, 4) is 17.2 Å². The molecule has 7 nitrogen and oxygen atoms in total. The summed E-state index contributed by atoms with van der Waals surface area (Å²) in [5, 5.41) is 8.81. The van der Waals surface area contributed by atoms with Gasteiger partial charge in [0.15, 0.2) is 6.61 Å². The van der Waals surface area contributed by atoms with Crippen LogP contribution in [0.25, 0.3) is 0 Å². The number of rotatable bonds is 12. The van der Waals surface area contributed by atoms with Gasteiger partial charge in [-0.05, 0) is 54.7 Å². The van der Waals surface area contributed by atoms with Crippen molar-refractivity contribution in [2.75, 3.05) is 27.4 Å². The predicted molar refractivity (Wildman–Crippen MR) is 138 cm³/mol. The van der Waals surface area contributed by atoms with E-state index in [1.807, 2.05) is 42.2 Å². The fourth-order valence-electron chi connectivity index (χ4n) is 4.00. The Morgan fingerprint density at radius 2 is 1.56 bits per heavy atom. The third-order valence-corrected chi connectivity index (χ3v) is 6.15. The van der Waals surface area contributed by atoms with Gasteiger partial charge in [0.05, 0.1) is 14.2 Å². The van der Waals surface area contributed by atoms with E-state index in [1.165, 1.54) is 5.56 Å². The summed E-state index contributed by atoms with van der Waals surface area (Å²) in [5.41, 5.74) is 3.45. The zero-order chi connectivity index (χ0) is 26.1. The van der Waals surface area contributed by atoms with E-state index in [4.69, 9.17) is 19.3 Å². The Hall–Kier alpha value is -4.00. The minimum absolute atomic E-state index is 0.127. The topological polar surface area (TPSA) is 85.3 Å². The molecule has 0 radical (unpaired) electrons. The van der Waals surface area contributed by atoms with E-state index in [-0.39, 0.29) is 11.8 Å². The van der Waals surface area contributed by atoms with E-state index < -0.39 is 12.6 Å². The lowest BCUT2D eigenvalue weighted by Gasteiger charge is -2.25. The molecule has 3 aromatic carbocycles. The fraction of sp³-hybridized carbons (Fsp3) is 0.310. The van der Waals surface area contributed by atoms with Crippen LogP contribution >= 0.6 is 0 Å². The Labute approximate surface area is 212 Å². The van der Waals surface area contributed by atoms with E-state index in [2.05, 4.69) is 19.1 Å². The first kappa shape index (κ1) is 26.6. The summed E-state index contributed by atoms with van der Waals surface area (Å²) in [7, 11) is 3.15. The van der Waals surface area contributed by atoms with E-state index in [0.717, 1.165) is 17.5 Å². The minimum Gasteiger partial charge on any atom is -0.496 e. The number of nitrogens with zero attached hydrogens (tertiary/aromatic N) is 1. The molecule has 7 heteroatoms. The first-order valence-electron chi connectivity index (χ1n) is 11.8. The Morgan fingerprint density at radius 1 is 0.944 bits per heavy atom. The van der Waals surface area contributed by atoms with Gasteiger partial charge >= 0.3 is 5.97 Å². The zero-order valence-electron chi connectivity index (χ0n) is 21.2. The molecule has 0 spiro atoms. The Bertz CT molecular complexity index is 1140. The fourth-order valence-corrected chi connectivity index (χ4v) is 4.00. The SMILES string of the molecule is COc1cc(C(=O)N(CCC(C)c2ccccc2)Cc2ccc(OCC(=O)O)cc2)cc(OC)c1C. The van der Waals surface area contributed by atoms with Crippen LogP contribution in [0.4, 0.5) is 0 Å². The smallest absolute Gasteiger partial charge is 0.341 e. The quantitative estimate of drug-likeness (QED) is 0.370. The molecule has 36 heavy (non-hydrogen) atoms. The van der Waals surface area contributed by atoms with Crippen LogP contribution < -0.4 is 14.2 Å². The summed E-state index contributed by atoms with van der Waals surface area (Å²) in [6, 6.07) is 20.8. The monoisotopic (exact) mass is 491 g/mol. The maximum Gasteiger partial charge on any atom is 0.341 e. The Balaban J connectivity index is 1.84. The number of ether oxygens (including phenoxy) is 3.